The average molecular weight is 416 g/mol. The molecule has 28 heavy (non-hydrogen) atoms. The van der Waals surface area contributed by atoms with Crippen molar-refractivity contribution < 1.29 is 22.7 Å². The fraction of sp³-hybridized carbons (Fsp3) is 0.333. The van der Waals surface area contributed by atoms with Crippen LogP contribution in [0.3, 0.4) is 0 Å². The lowest BCUT2D eigenvalue weighted by Crippen LogP contribution is -2.37. The van der Waals surface area contributed by atoms with Crippen molar-refractivity contribution in [3.05, 3.63) is 57.5 Å². The number of aromatic nitrogens is 1. The number of carbonyl (C=O) groups excluding carboxylic acids is 1. The van der Waals surface area contributed by atoms with E-state index in [1.807, 2.05) is 17.0 Å². The number of hydrogen-bond donors (Lipinski definition) is 1. The van der Waals surface area contributed by atoms with Gasteiger partial charge in [0.25, 0.3) is 5.56 Å². The molecule has 0 radical (unpaired) electrons. The molecule has 6 nitrogen and oxygen atoms in total. The number of nitrogens with zero attached hydrogens (tertiary/aromatic N) is 2. The average Bonchev–Trinajstić information content (AvgIpc) is 2.65. The SMILES string of the molecule is O=C(Cn1cc(C(F)(F)F)cc(Cl)c1=O)Nc1ccccc1N1CCOCC1. The Bertz CT molecular complexity index is 924. The van der Waals surface area contributed by atoms with Gasteiger partial charge in [-0.15, -0.1) is 0 Å². The lowest BCUT2D eigenvalue weighted by atomic mass is 10.2. The molecule has 1 saturated heterocycles. The third-order valence-electron chi connectivity index (χ3n) is 4.21. The first-order valence-corrected chi connectivity index (χ1v) is 8.82. The van der Waals surface area contributed by atoms with Gasteiger partial charge in [-0.2, -0.15) is 13.2 Å². The van der Waals surface area contributed by atoms with E-state index in [0.717, 1.165) is 5.69 Å². The van der Waals surface area contributed by atoms with Gasteiger partial charge in [0.15, 0.2) is 0 Å². The first-order chi connectivity index (χ1) is 13.3. The largest absolute Gasteiger partial charge is 0.417 e. The predicted octanol–water partition coefficient (Wildman–Crippen LogP) is 3.00. The number of alkyl halides is 3. The third-order valence-corrected chi connectivity index (χ3v) is 4.48. The highest BCUT2D eigenvalue weighted by Gasteiger charge is 2.32. The number of anilines is 2. The summed E-state index contributed by atoms with van der Waals surface area (Å²) in [6, 6.07) is 7.61. The Morgan fingerprint density at radius 1 is 1.21 bits per heavy atom. The van der Waals surface area contributed by atoms with Gasteiger partial charge < -0.3 is 19.5 Å². The van der Waals surface area contributed by atoms with E-state index >= 15 is 0 Å². The topological polar surface area (TPSA) is 63.6 Å². The fourth-order valence-electron chi connectivity index (χ4n) is 2.88. The van der Waals surface area contributed by atoms with Gasteiger partial charge in [0, 0.05) is 19.3 Å². The summed E-state index contributed by atoms with van der Waals surface area (Å²) >= 11 is 5.61. The lowest BCUT2D eigenvalue weighted by molar-refractivity contribution is -0.138. The number of pyridine rings is 1. The molecule has 0 saturated carbocycles. The van der Waals surface area contributed by atoms with Crippen LogP contribution in [0.2, 0.25) is 5.02 Å². The second-order valence-corrected chi connectivity index (χ2v) is 6.58. The van der Waals surface area contributed by atoms with Crippen LogP contribution in [0.5, 0.6) is 0 Å². The minimum atomic E-state index is -4.68. The molecular formula is C18H17ClF3N3O3. The standard InChI is InChI=1S/C18H17ClF3N3O3/c19-13-9-12(18(20,21)22)10-25(17(13)27)11-16(26)23-14-3-1-2-4-15(14)24-5-7-28-8-6-24/h1-4,9-10H,5-8,11H2,(H,23,26). The van der Waals surface area contributed by atoms with Crippen LogP contribution < -0.4 is 15.8 Å². The van der Waals surface area contributed by atoms with Gasteiger partial charge in [-0.3, -0.25) is 9.59 Å². The van der Waals surface area contributed by atoms with Gasteiger partial charge >= 0.3 is 6.18 Å². The van der Waals surface area contributed by atoms with Crippen LogP contribution in [0.25, 0.3) is 0 Å². The number of benzene rings is 1. The normalized spacial score (nSPS) is 14.8. The third kappa shape index (κ3) is 4.66. The molecule has 0 aliphatic carbocycles. The summed E-state index contributed by atoms with van der Waals surface area (Å²) in [4.78, 5) is 26.4. The van der Waals surface area contributed by atoms with E-state index in [1.165, 1.54) is 0 Å². The molecule has 150 valence electrons. The molecule has 10 heteroatoms. The molecule has 0 spiro atoms. The highest BCUT2D eigenvalue weighted by Crippen LogP contribution is 2.30. The summed E-state index contributed by atoms with van der Waals surface area (Å²) in [7, 11) is 0. The molecule has 1 aromatic carbocycles. The molecule has 1 aliphatic rings. The Labute approximate surface area is 163 Å². The van der Waals surface area contributed by atoms with E-state index in [1.54, 1.807) is 12.1 Å². The van der Waals surface area contributed by atoms with Crippen molar-refractivity contribution >= 4 is 28.9 Å². The van der Waals surface area contributed by atoms with E-state index < -0.39 is 34.8 Å². The van der Waals surface area contributed by atoms with Crippen molar-refractivity contribution in [3.8, 4) is 0 Å². The lowest BCUT2D eigenvalue weighted by Gasteiger charge is -2.30. The number of nitrogens with one attached hydrogen (secondary N) is 1. The highest BCUT2D eigenvalue weighted by atomic mass is 35.5. The maximum absolute atomic E-state index is 12.9. The van der Waals surface area contributed by atoms with Gasteiger partial charge in [0.05, 0.1) is 30.2 Å². The van der Waals surface area contributed by atoms with Crippen LogP contribution >= 0.6 is 11.6 Å². The van der Waals surface area contributed by atoms with Crippen LogP contribution in [0, 0.1) is 0 Å². The maximum atomic E-state index is 12.9. The molecule has 3 rings (SSSR count). The predicted molar refractivity (Wildman–Crippen MR) is 98.8 cm³/mol. The van der Waals surface area contributed by atoms with E-state index in [-0.39, 0.29) is 0 Å². The number of amides is 1. The molecule has 0 atom stereocenters. The van der Waals surface area contributed by atoms with Crippen molar-refractivity contribution in [2.24, 2.45) is 0 Å². The molecule has 2 aromatic rings. The number of carbonyl (C=O) groups is 1. The van der Waals surface area contributed by atoms with Crippen LogP contribution in [0.15, 0.2) is 41.3 Å². The molecule has 2 heterocycles. The number of morpholine rings is 1. The Balaban J connectivity index is 1.80. The zero-order chi connectivity index (χ0) is 20.3. The first-order valence-electron chi connectivity index (χ1n) is 8.44. The van der Waals surface area contributed by atoms with Gasteiger partial charge in [-0.05, 0) is 18.2 Å². The summed E-state index contributed by atoms with van der Waals surface area (Å²) in [5, 5.41) is 2.06. The van der Waals surface area contributed by atoms with Crippen LogP contribution in [0.1, 0.15) is 5.56 Å². The van der Waals surface area contributed by atoms with Crippen LogP contribution in [-0.4, -0.2) is 36.8 Å². The monoisotopic (exact) mass is 415 g/mol. The molecule has 1 N–H and O–H groups in total. The van der Waals surface area contributed by atoms with Gasteiger partial charge in [-0.1, -0.05) is 23.7 Å². The Hall–Kier alpha value is -2.52. The molecule has 1 amide bonds. The summed E-state index contributed by atoms with van der Waals surface area (Å²) < 4.78 is 44.8. The first kappa shape index (κ1) is 20.2. The second kappa shape index (κ2) is 8.24. The fourth-order valence-corrected chi connectivity index (χ4v) is 3.10. The molecule has 1 aromatic heterocycles. The minimum absolute atomic E-state index is 0.500. The number of ether oxygens (including phenoxy) is 1. The van der Waals surface area contributed by atoms with E-state index in [0.29, 0.717) is 48.8 Å². The van der Waals surface area contributed by atoms with E-state index in [2.05, 4.69) is 5.32 Å². The van der Waals surface area contributed by atoms with Crippen molar-refractivity contribution in [1.29, 1.82) is 0 Å². The summed E-state index contributed by atoms with van der Waals surface area (Å²) in [6.45, 7) is 1.81. The Morgan fingerprint density at radius 3 is 2.57 bits per heavy atom. The molecule has 1 aliphatic heterocycles. The van der Waals surface area contributed by atoms with Crippen LogP contribution in [-0.2, 0) is 22.3 Å². The Kier molecular flexibility index (Phi) is 5.95. The smallest absolute Gasteiger partial charge is 0.378 e. The van der Waals surface area contributed by atoms with E-state index in [9.17, 15) is 22.8 Å². The number of hydrogen-bond acceptors (Lipinski definition) is 4. The van der Waals surface area contributed by atoms with Gasteiger partial charge in [0.1, 0.15) is 11.6 Å². The molecule has 1 fully saturated rings. The number of halogens is 4. The Morgan fingerprint density at radius 2 is 1.89 bits per heavy atom. The van der Waals surface area contributed by atoms with E-state index in [4.69, 9.17) is 16.3 Å². The molecular weight excluding hydrogens is 399 g/mol. The van der Waals surface area contributed by atoms with Crippen molar-refractivity contribution in [2.75, 3.05) is 36.5 Å². The second-order valence-electron chi connectivity index (χ2n) is 6.17. The quantitative estimate of drug-likeness (QED) is 0.834. The summed E-state index contributed by atoms with van der Waals surface area (Å²) in [5.74, 6) is -0.641. The van der Waals surface area contributed by atoms with Crippen molar-refractivity contribution in [2.45, 2.75) is 12.7 Å². The zero-order valence-corrected chi connectivity index (χ0v) is 15.4. The molecule has 0 unspecified atom stereocenters. The van der Waals surface area contributed by atoms with Gasteiger partial charge in [0.2, 0.25) is 5.91 Å². The summed E-state index contributed by atoms with van der Waals surface area (Å²) in [6.07, 6.45) is -4.10. The maximum Gasteiger partial charge on any atom is 0.417 e. The minimum Gasteiger partial charge on any atom is -0.378 e. The highest BCUT2D eigenvalue weighted by molar-refractivity contribution is 6.30. The number of para-hydroxylation sites is 2. The zero-order valence-electron chi connectivity index (χ0n) is 14.6. The molecule has 0 bridgehead atoms. The summed E-state index contributed by atoms with van der Waals surface area (Å²) in [5.41, 5.74) is -0.695. The van der Waals surface area contributed by atoms with Crippen LogP contribution in [0.4, 0.5) is 24.5 Å². The van der Waals surface area contributed by atoms with Gasteiger partial charge in [-0.25, -0.2) is 0 Å². The number of rotatable bonds is 4. The van der Waals surface area contributed by atoms with Crippen molar-refractivity contribution in [3.63, 3.8) is 0 Å². The van der Waals surface area contributed by atoms with Crippen molar-refractivity contribution in [1.82, 2.24) is 4.57 Å².